The highest BCUT2D eigenvalue weighted by Gasteiger charge is 2.32. The second-order valence-corrected chi connectivity index (χ2v) is 6.85. The van der Waals surface area contributed by atoms with Crippen LogP contribution in [0.4, 0.5) is 0 Å². The number of carbonyl (C=O) groups excluding carboxylic acids is 1. The summed E-state index contributed by atoms with van der Waals surface area (Å²) in [7, 11) is 0. The van der Waals surface area contributed by atoms with Crippen LogP contribution in [0.5, 0.6) is 0 Å². The molecule has 0 atom stereocenters. The number of hydrogen-bond acceptors (Lipinski definition) is 1. The van der Waals surface area contributed by atoms with Crippen molar-refractivity contribution in [1.29, 1.82) is 0 Å². The van der Waals surface area contributed by atoms with Crippen LogP contribution in [0.25, 0.3) is 6.08 Å². The van der Waals surface area contributed by atoms with E-state index >= 15 is 0 Å². The van der Waals surface area contributed by atoms with Crippen molar-refractivity contribution in [2.24, 2.45) is 0 Å². The Kier molecular flexibility index (Phi) is 6.60. The van der Waals surface area contributed by atoms with Gasteiger partial charge in [0.15, 0.2) is 0 Å². The van der Waals surface area contributed by atoms with Crippen molar-refractivity contribution < 1.29 is 4.79 Å². The molecule has 3 aromatic rings. The predicted molar refractivity (Wildman–Crippen MR) is 117 cm³/mol. The zero-order valence-electron chi connectivity index (χ0n) is 16.1. The zero-order chi connectivity index (χ0) is 19.7. The number of allylic oxidation sites excluding steroid dienone is 1. The third-order valence-corrected chi connectivity index (χ3v) is 4.83. The molecule has 1 heteroatoms. The molecule has 0 aromatic heterocycles. The molecule has 0 unspecified atom stereocenters. The maximum atomic E-state index is 11.8. The number of ketones is 1. The van der Waals surface area contributed by atoms with Gasteiger partial charge >= 0.3 is 0 Å². The molecule has 0 amide bonds. The maximum absolute atomic E-state index is 11.8. The Morgan fingerprint density at radius 2 is 1.32 bits per heavy atom. The SMILES string of the molecule is CC(=O)CCC(C#C/C=C/c1ccccc1)(c1ccccc1)c1ccccc1. The Morgan fingerprint density at radius 3 is 1.82 bits per heavy atom. The minimum absolute atomic E-state index is 0.179. The molecule has 0 aliphatic heterocycles. The van der Waals surface area contributed by atoms with Gasteiger partial charge in [0, 0.05) is 6.42 Å². The van der Waals surface area contributed by atoms with Gasteiger partial charge in [0.05, 0.1) is 5.41 Å². The lowest BCUT2D eigenvalue weighted by atomic mass is 9.71. The molecule has 0 saturated heterocycles. The van der Waals surface area contributed by atoms with Crippen molar-refractivity contribution >= 4 is 11.9 Å². The molecule has 0 N–H and O–H groups in total. The summed E-state index contributed by atoms with van der Waals surface area (Å²) in [6.45, 7) is 1.64. The van der Waals surface area contributed by atoms with Crippen molar-refractivity contribution in [1.82, 2.24) is 0 Å². The van der Waals surface area contributed by atoms with E-state index in [-0.39, 0.29) is 5.78 Å². The van der Waals surface area contributed by atoms with Crippen molar-refractivity contribution in [2.45, 2.75) is 25.2 Å². The predicted octanol–water partition coefficient (Wildman–Crippen LogP) is 6.06. The third-order valence-electron chi connectivity index (χ3n) is 4.83. The second-order valence-electron chi connectivity index (χ2n) is 6.85. The molecular formula is C27H24O. The topological polar surface area (TPSA) is 17.1 Å². The highest BCUT2D eigenvalue weighted by Crippen LogP contribution is 2.36. The van der Waals surface area contributed by atoms with Crippen molar-refractivity contribution in [3.05, 3.63) is 114 Å². The van der Waals surface area contributed by atoms with Gasteiger partial charge in [-0.15, -0.1) is 0 Å². The van der Waals surface area contributed by atoms with Crippen LogP contribution in [0.3, 0.4) is 0 Å². The van der Waals surface area contributed by atoms with Gasteiger partial charge in [-0.1, -0.05) is 103 Å². The standard InChI is InChI=1S/C27H24O/c1-23(28)20-22-27(25-16-7-3-8-17-25,26-18-9-4-10-19-26)21-12-11-15-24-13-5-2-6-14-24/h2-11,13-19H,20,22H2,1H3/b15-11+. The molecule has 28 heavy (non-hydrogen) atoms. The summed E-state index contributed by atoms with van der Waals surface area (Å²) in [5, 5.41) is 0. The lowest BCUT2D eigenvalue weighted by Crippen LogP contribution is -2.27. The first kappa shape index (κ1) is 19.4. The van der Waals surface area contributed by atoms with E-state index in [1.54, 1.807) is 6.92 Å². The Balaban J connectivity index is 2.06. The van der Waals surface area contributed by atoms with E-state index in [1.165, 1.54) is 0 Å². The minimum atomic E-state index is -0.519. The normalized spacial score (nSPS) is 11.0. The molecule has 0 spiro atoms. The first-order valence-corrected chi connectivity index (χ1v) is 9.55. The Bertz CT molecular complexity index is 934. The van der Waals surface area contributed by atoms with Crippen molar-refractivity contribution in [3.63, 3.8) is 0 Å². The second kappa shape index (κ2) is 9.53. The lowest BCUT2D eigenvalue weighted by Gasteiger charge is -2.30. The molecule has 0 saturated carbocycles. The number of rotatable bonds is 6. The van der Waals surface area contributed by atoms with Gasteiger partial charge in [-0.3, -0.25) is 0 Å². The van der Waals surface area contributed by atoms with Crippen LogP contribution in [-0.2, 0) is 10.2 Å². The average Bonchev–Trinajstić information content (AvgIpc) is 2.75. The van der Waals surface area contributed by atoms with Crippen LogP contribution in [0.15, 0.2) is 97.1 Å². The quantitative estimate of drug-likeness (QED) is 0.486. The van der Waals surface area contributed by atoms with Gasteiger partial charge in [-0.05, 0) is 42.2 Å². The Labute approximate surface area is 167 Å². The Morgan fingerprint density at radius 1 is 0.821 bits per heavy atom. The van der Waals surface area contributed by atoms with E-state index in [0.29, 0.717) is 12.8 Å². The minimum Gasteiger partial charge on any atom is -0.300 e. The van der Waals surface area contributed by atoms with Gasteiger partial charge in [-0.25, -0.2) is 0 Å². The van der Waals surface area contributed by atoms with E-state index < -0.39 is 5.41 Å². The largest absolute Gasteiger partial charge is 0.300 e. The summed E-state index contributed by atoms with van der Waals surface area (Å²) in [4.78, 5) is 11.8. The summed E-state index contributed by atoms with van der Waals surface area (Å²) in [6, 6.07) is 30.7. The smallest absolute Gasteiger partial charge is 0.129 e. The first-order chi connectivity index (χ1) is 13.7. The van der Waals surface area contributed by atoms with E-state index in [9.17, 15) is 4.79 Å². The molecule has 0 fully saturated rings. The maximum Gasteiger partial charge on any atom is 0.129 e. The summed E-state index contributed by atoms with van der Waals surface area (Å²) in [6.07, 6.45) is 5.05. The number of carbonyl (C=O) groups is 1. The summed E-state index contributed by atoms with van der Waals surface area (Å²) in [5.74, 6) is 6.93. The van der Waals surface area contributed by atoms with Crippen LogP contribution < -0.4 is 0 Å². The highest BCUT2D eigenvalue weighted by molar-refractivity contribution is 5.76. The van der Waals surface area contributed by atoms with Crippen molar-refractivity contribution in [3.8, 4) is 11.8 Å². The highest BCUT2D eigenvalue weighted by atomic mass is 16.1. The number of hydrogen-bond donors (Lipinski definition) is 0. The Hall–Kier alpha value is -3.37. The zero-order valence-corrected chi connectivity index (χ0v) is 16.1. The molecule has 0 aliphatic carbocycles. The third kappa shape index (κ3) is 4.87. The molecule has 0 radical (unpaired) electrons. The van der Waals surface area contributed by atoms with E-state index in [4.69, 9.17) is 0 Å². The molecule has 0 heterocycles. The molecule has 0 aliphatic rings. The fourth-order valence-electron chi connectivity index (χ4n) is 3.34. The molecular weight excluding hydrogens is 340 g/mol. The molecule has 3 rings (SSSR count). The summed E-state index contributed by atoms with van der Waals surface area (Å²) < 4.78 is 0. The van der Waals surface area contributed by atoms with Crippen molar-refractivity contribution in [2.75, 3.05) is 0 Å². The summed E-state index contributed by atoms with van der Waals surface area (Å²) in [5.41, 5.74) is 2.83. The van der Waals surface area contributed by atoms with Gasteiger partial charge in [0.1, 0.15) is 5.78 Å². The summed E-state index contributed by atoms with van der Waals surface area (Å²) >= 11 is 0. The van der Waals surface area contributed by atoms with Gasteiger partial charge in [-0.2, -0.15) is 0 Å². The fourth-order valence-corrected chi connectivity index (χ4v) is 3.34. The molecule has 138 valence electrons. The van der Waals surface area contributed by atoms with Crippen LogP contribution >= 0.6 is 0 Å². The van der Waals surface area contributed by atoms with E-state index in [2.05, 4.69) is 48.2 Å². The number of benzene rings is 3. The van der Waals surface area contributed by atoms with Crippen LogP contribution in [-0.4, -0.2) is 5.78 Å². The molecule has 0 bridgehead atoms. The lowest BCUT2D eigenvalue weighted by molar-refractivity contribution is -0.117. The fraction of sp³-hybridized carbons (Fsp3) is 0.148. The van der Waals surface area contributed by atoms with Gasteiger partial charge < -0.3 is 4.79 Å². The monoisotopic (exact) mass is 364 g/mol. The number of Topliss-reactive ketones (excluding diaryl/α,β-unsaturated/α-hetero) is 1. The van der Waals surface area contributed by atoms with E-state index in [1.807, 2.05) is 66.7 Å². The average molecular weight is 364 g/mol. The van der Waals surface area contributed by atoms with Crippen LogP contribution in [0.1, 0.15) is 36.5 Å². The van der Waals surface area contributed by atoms with Gasteiger partial charge in [0.2, 0.25) is 0 Å². The van der Waals surface area contributed by atoms with Crippen LogP contribution in [0, 0.1) is 11.8 Å². The van der Waals surface area contributed by atoms with Gasteiger partial charge in [0.25, 0.3) is 0 Å². The molecule has 1 nitrogen and oxygen atoms in total. The first-order valence-electron chi connectivity index (χ1n) is 9.55. The molecule has 3 aromatic carbocycles. The van der Waals surface area contributed by atoms with E-state index in [0.717, 1.165) is 16.7 Å². The van der Waals surface area contributed by atoms with Crippen LogP contribution in [0.2, 0.25) is 0 Å².